The van der Waals surface area contributed by atoms with E-state index in [4.69, 9.17) is 15.0 Å². The number of hydrogen-bond acceptors (Lipinski definition) is 4. The van der Waals surface area contributed by atoms with Crippen LogP contribution in [-0.2, 0) is 26.5 Å². The zero-order valence-corrected chi connectivity index (χ0v) is 42.6. The van der Waals surface area contributed by atoms with Crippen molar-refractivity contribution in [1.29, 1.82) is 0 Å². The molecule has 1 fully saturated rings. The van der Waals surface area contributed by atoms with E-state index in [-0.39, 0.29) is 20.1 Å². The van der Waals surface area contributed by atoms with Gasteiger partial charge in [0.05, 0.1) is 24.9 Å². The van der Waals surface area contributed by atoms with E-state index in [0.29, 0.717) is 11.8 Å². The third kappa shape index (κ3) is 9.37. The Hall–Kier alpha value is -5.04. The van der Waals surface area contributed by atoms with Crippen LogP contribution >= 0.6 is 11.3 Å². The Labute approximate surface area is 398 Å². The molecule has 4 nitrogen and oxygen atoms in total. The number of thiophene rings is 1. The summed E-state index contributed by atoms with van der Waals surface area (Å²) in [5.74, 6) is 2.44. The fourth-order valence-electron chi connectivity index (χ4n) is 9.44. The van der Waals surface area contributed by atoms with Gasteiger partial charge in [0.2, 0.25) is 0 Å². The molecule has 0 saturated heterocycles. The van der Waals surface area contributed by atoms with Crippen molar-refractivity contribution in [3.63, 3.8) is 0 Å². The van der Waals surface area contributed by atoms with Crippen molar-refractivity contribution in [2.45, 2.75) is 98.2 Å². The van der Waals surface area contributed by atoms with Crippen LogP contribution in [0.2, 0.25) is 19.6 Å². The average molecular weight is 1050 g/mol. The molecule has 0 aliphatic heterocycles. The number of hydrogen-bond donors (Lipinski definition) is 0. The molecule has 10 rings (SSSR count). The minimum atomic E-state index is -1.35. The van der Waals surface area contributed by atoms with Crippen LogP contribution in [-0.4, -0.2) is 27.6 Å². The Morgan fingerprint density at radius 3 is 2.12 bits per heavy atom. The summed E-state index contributed by atoms with van der Waals surface area (Å²) in [7, 11) is -1.35. The van der Waals surface area contributed by atoms with Gasteiger partial charge in [0.25, 0.3) is 0 Å². The van der Waals surface area contributed by atoms with E-state index >= 15 is 0 Å². The molecule has 0 atom stereocenters. The average Bonchev–Trinajstić information content (AvgIpc) is 4.03. The molecule has 1 radical (unpaired) electrons. The normalized spacial score (nSPS) is 13.2. The van der Waals surface area contributed by atoms with Gasteiger partial charge in [-0.2, -0.15) is 11.3 Å². The van der Waals surface area contributed by atoms with Gasteiger partial charge in [-0.25, -0.2) is 4.98 Å². The van der Waals surface area contributed by atoms with Crippen molar-refractivity contribution in [1.82, 2.24) is 19.5 Å². The zero-order chi connectivity index (χ0) is 43.8. The Morgan fingerprint density at radius 1 is 0.734 bits per heavy atom. The maximum Gasteiger partial charge on any atom is 0.114 e. The molecule has 0 amide bonds. The summed E-state index contributed by atoms with van der Waals surface area (Å²) < 4.78 is 3.59. The number of nitrogens with zero attached hydrogens (tertiary/aromatic N) is 4. The van der Waals surface area contributed by atoms with E-state index < -0.39 is 8.07 Å². The van der Waals surface area contributed by atoms with E-state index in [0.717, 1.165) is 50.1 Å². The molecular weight excluding hydrogens is 993 g/mol. The topological polar surface area (TPSA) is 43.6 Å². The van der Waals surface area contributed by atoms with E-state index in [1.165, 1.54) is 75.5 Å². The van der Waals surface area contributed by atoms with Crippen molar-refractivity contribution in [3.05, 3.63) is 162 Å². The molecule has 5 aromatic carbocycles. The SMILES string of the molecule is C[Si](C)(C)c1cnc(-c2[c-]cccc2)cc1CC1CCCC1.Cc1ccc2c(n1)sc1c[c-]c(-c3nc4ccccc4n3-c3c(C(C)C)cc(-c4ccccc4)cc3C(C)C)cc12.[Ir]. The number of pyridine rings is 2. The second-order valence-electron chi connectivity index (χ2n) is 19.1. The summed E-state index contributed by atoms with van der Waals surface area (Å²) in [5.41, 5.74) is 14.2. The Balaban J connectivity index is 0.000000206. The number of aryl methyl sites for hydroxylation is 1. The first kappa shape index (κ1) is 45.5. The maximum atomic E-state index is 5.25. The molecule has 64 heavy (non-hydrogen) atoms. The number of fused-ring (bicyclic) bond motifs is 4. The number of para-hydroxylation sites is 2. The smallest absolute Gasteiger partial charge is 0.114 e. The third-order valence-electron chi connectivity index (χ3n) is 12.7. The van der Waals surface area contributed by atoms with Crippen LogP contribution in [0.3, 0.4) is 0 Å². The molecule has 0 N–H and O–H groups in total. The van der Waals surface area contributed by atoms with Crippen molar-refractivity contribution >= 4 is 55.9 Å². The number of benzene rings is 5. The standard InChI is InChI=1S/C37H32N3S.C20H26NSi.Ir/c1-22(2)29-20-27(25-11-7-6-8-12-25)21-30(23(3)4)35(29)40-33-14-10-9-13-32(33)39-36(40)26-16-18-34-31(19-26)28-17-15-24(5)38-37(28)41-34;1-22(2,3)20-15-21-19(17-11-5-4-6-12-17)14-18(20)13-16-9-7-8-10-16;/h6-15,17-23H,1-5H3;4-6,11,14-16H,7-10,13H2,1-3H3;/q2*-1;. The quantitative estimate of drug-likeness (QED) is 0.107. The summed E-state index contributed by atoms with van der Waals surface area (Å²) in [6.45, 7) is 18.5. The molecule has 1 aliphatic rings. The summed E-state index contributed by atoms with van der Waals surface area (Å²) >= 11 is 1.73. The summed E-state index contributed by atoms with van der Waals surface area (Å²) in [6.07, 6.45) is 9.03. The van der Waals surface area contributed by atoms with Crippen molar-refractivity contribution in [2.75, 3.05) is 0 Å². The fraction of sp³-hybridized carbons (Fsp3) is 0.281. The molecule has 4 heterocycles. The molecular formula is C57H58IrN4SSi-2. The van der Waals surface area contributed by atoms with Crippen molar-refractivity contribution in [2.24, 2.45) is 5.92 Å². The van der Waals surface area contributed by atoms with E-state index in [1.54, 1.807) is 22.1 Å². The minimum Gasteiger partial charge on any atom is -0.333 e. The predicted octanol–water partition coefficient (Wildman–Crippen LogP) is 15.3. The Morgan fingerprint density at radius 2 is 1.44 bits per heavy atom. The fourth-order valence-corrected chi connectivity index (χ4v) is 12.1. The molecule has 327 valence electrons. The molecule has 4 aromatic heterocycles. The Bertz CT molecular complexity index is 3020. The van der Waals surface area contributed by atoms with Gasteiger partial charge < -0.3 is 9.55 Å². The Kier molecular flexibility index (Phi) is 13.7. The predicted molar refractivity (Wildman–Crippen MR) is 272 cm³/mol. The second-order valence-corrected chi connectivity index (χ2v) is 25.1. The first-order valence-electron chi connectivity index (χ1n) is 22.8. The van der Waals surface area contributed by atoms with Gasteiger partial charge in [-0.1, -0.05) is 139 Å². The molecule has 0 unspecified atom stereocenters. The first-order chi connectivity index (χ1) is 30.4. The minimum absolute atomic E-state index is 0. The van der Waals surface area contributed by atoms with Crippen molar-refractivity contribution < 1.29 is 20.1 Å². The van der Waals surface area contributed by atoms with Crippen LogP contribution in [0.25, 0.3) is 70.8 Å². The van der Waals surface area contributed by atoms with Gasteiger partial charge in [-0.05, 0) is 105 Å². The largest absolute Gasteiger partial charge is 0.333 e. The third-order valence-corrected chi connectivity index (χ3v) is 15.8. The number of rotatable bonds is 9. The van der Waals surface area contributed by atoms with Crippen LogP contribution in [0.5, 0.6) is 0 Å². The monoisotopic (exact) mass is 1050 g/mol. The van der Waals surface area contributed by atoms with E-state index in [9.17, 15) is 0 Å². The molecule has 1 aliphatic carbocycles. The molecule has 9 aromatic rings. The summed E-state index contributed by atoms with van der Waals surface area (Å²) in [4.78, 5) is 15.9. The molecule has 0 bridgehead atoms. The van der Waals surface area contributed by atoms with Crippen molar-refractivity contribution in [3.8, 4) is 39.5 Å². The summed E-state index contributed by atoms with van der Waals surface area (Å²) in [6, 6.07) is 50.0. The van der Waals surface area contributed by atoms with Gasteiger partial charge in [-0.3, -0.25) is 4.98 Å². The molecule has 7 heteroatoms. The second kappa shape index (κ2) is 19.2. The first-order valence-corrected chi connectivity index (χ1v) is 27.1. The van der Waals surface area contributed by atoms with Gasteiger partial charge in [-0.15, -0.1) is 59.7 Å². The van der Waals surface area contributed by atoms with Crippen LogP contribution in [0.4, 0.5) is 0 Å². The van der Waals surface area contributed by atoms with Gasteiger partial charge in [0, 0.05) is 37.7 Å². The van der Waals surface area contributed by atoms with Crippen LogP contribution < -0.4 is 5.19 Å². The molecule has 1 saturated carbocycles. The van der Waals surface area contributed by atoms with E-state index in [2.05, 4.69) is 179 Å². The van der Waals surface area contributed by atoms with Gasteiger partial charge in [0.1, 0.15) is 4.83 Å². The van der Waals surface area contributed by atoms with E-state index in [1.807, 2.05) is 19.1 Å². The van der Waals surface area contributed by atoms with Crippen LogP contribution in [0.15, 0.2) is 128 Å². The summed E-state index contributed by atoms with van der Waals surface area (Å²) in [5, 5.41) is 3.93. The van der Waals surface area contributed by atoms with Gasteiger partial charge in [0.15, 0.2) is 0 Å². The number of imidazole rings is 1. The maximum absolute atomic E-state index is 5.25. The van der Waals surface area contributed by atoms with Gasteiger partial charge >= 0.3 is 0 Å². The van der Waals surface area contributed by atoms with Crippen LogP contribution in [0, 0.1) is 25.0 Å². The zero-order valence-electron chi connectivity index (χ0n) is 38.4. The molecule has 0 spiro atoms. The van der Waals surface area contributed by atoms with Crippen LogP contribution in [0.1, 0.15) is 87.6 Å². The number of aromatic nitrogens is 4.